The van der Waals surface area contributed by atoms with Crippen LogP contribution in [0, 0.1) is 18.8 Å². The predicted molar refractivity (Wildman–Crippen MR) is 144 cm³/mol. The quantitative estimate of drug-likeness (QED) is 0.481. The number of carbonyl (C=O) groups excluding carboxylic acids is 1. The Bertz CT molecular complexity index is 1140. The summed E-state index contributed by atoms with van der Waals surface area (Å²) in [5.41, 5.74) is 4.14. The molecule has 1 aliphatic carbocycles. The summed E-state index contributed by atoms with van der Waals surface area (Å²) >= 11 is 0. The smallest absolute Gasteiger partial charge is 0.253 e. The van der Waals surface area contributed by atoms with Crippen molar-refractivity contribution in [2.75, 3.05) is 19.8 Å². The van der Waals surface area contributed by atoms with Crippen molar-refractivity contribution in [2.24, 2.45) is 11.8 Å². The minimum atomic E-state index is -2.69. The maximum absolute atomic E-state index is 13.3. The molecule has 36 heavy (non-hydrogen) atoms. The number of nitrogens with one attached hydrogen (secondary N) is 1. The van der Waals surface area contributed by atoms with Crippen LogP contribution in [0.25, 0.3) is 11.3 Å². The molecule has 1 amide bonds. The van der Waals surface area contributed by atoms with Crippen LogP contribution in [0.5, 0.6) is 0 Å². The standard InChI is InChI=1S/C29H42N2O4S/c1-20-24(28(32)30-18-21-12-14-35-15-13-21)17-26(31(20)19-22-8-6-5-7-9-22)23-10-11-27(36(33)34)25(16-23)29(2,3)4/h10-11,16-17,21-22,36H,5-9,12-15,18-19H2,1-4H3,(H,30,32). The molecule has 0 bridgehead atoms. The summed E-state index contributed by atoms with van der Waals surface area (Å²) in [6.07, 6.45) is 8.22. The summed E-state index contributed by atoms with van der Waals surface area (Å²) in [4.78, 5) is 13.7. The van der Waals surface area contributed by atoms with E-state index < -0.39 is 10.7 Å². The third kappa shape index (κ3) is 6.23. The fourth-order valence-electron chi connectivity index (χ4n) is 5.72. The number of thiol groups is 1. The van der Waals surface area contributed by atoms with Gasteiger partial charge in [-0.05, 0) is 79.2 Å². The van der Waals surface area contributed by atoms with Gasteiger partial charge in [0.1, 0.15) is 0 Å². The number of rotatable bonds is 7. The lowest BCUT2D eigenvalue weighted by atomic mass is 9.85. The second kappa shape index (κ2) is 11.5. The molecule has 6 nitrogen and oxygen atoms in total. The second-order valence-electron chi connectivity index (χ2n) is 11.6. The van der Waals surface area contributed by atoms with Crippen molar-refractivity contribution in [3.8, 4) is 11.3 Å². The number of aromatic nitrogens is 1. The number of hydrogen-bond acceptors (Lipinski definition) is 4. The molecule has 1 aliphatic heterocycles. The Hall–Kier alpha value is -2.12. The average molecular weight is 515 g/mol. The molecular formula is C29H42N2O4S. The van der Waals surface area contributed by atoms with Crippen LogP contribution in [0.4, 0.5) is 0 Å². The highest BCUT2D eigenvalue weighted by Crippen LogP contribution is 2.35. The maximum atomic E-state index is 13.3. The molecule has 4 rings (SSSR count). The van der Waals surface area contributed by atoms with Gasteiger partial charge in [-0.15, -0.1) is 0 Å². The topological polar surface area (TPSA) is 77.4 Å². The molecule has 7 heteroatoms. The first-order chi connectivity index (χ1) is 17.1. The van der Waals surface area contributed by atoms with E-state index in [-0.39, 0.29) is 11.3 Å². The largest absolute Gasteiger partial charge is 0.381 e. The zero-order valence-corrected chi connectivity index (χ0v) is 23.2. The predicted octanol–water partition coefficient (Wildman–Crippen LogP) is 5.47. The van der Waals surface area contributed by atoms with Gasteiger partial charge in [-0.1, -0.05) is 46.1 Å². The molecule has 2 heterocycles. The molecule has 198 valence electrons. The van der Waals surface area contributed by atoms with E-state index in [1.807, 2.05) is 45.9 Å². The SMILES string of the molecule is Cc1c(C(=O)NCC2CCOCC2)cc(-c2ccc([SH](=O)=O)c(C(C)(C)C)c2)n1CC1CCCCC1. The summed E-state index contributed by atoms with van der Waals surface area (Å²) < 4.78 is 31.7. The van der Waals surface area contributed by atoms with Crippen molar-refractivity contribution in [1.29, 1.82) is 0 Å². The summed E-state index contributed by atoms with van der Waals surface area (Å²) in [7, 11) is -2.69. The highest BCUT2D eigenvalue weighted by molar-refractivity contribution is 7.72. The van der Waals surface area contributed by atoms with Crippen LogP contribution in [0.3, 0.4) is 0 Å². The Labute approximate surface area is 217 Å². The summed E-state index contributed by atoms with van der Waals surface area (Å²) in [5.74, 6) is 1.03. The summed E-state index contributed by atoms with van der Waals surface area (Å²) in [5, 5.41) is 3.18. The third-order valence-electron chi connectivity index (χ3n) is 7.97. The van der Waals surface area contributed by atoms with Crippen LogP contribution in [0.2, 0.25) is 0 Å². The molecule has 1 saturated heterocycles. The van der Waals surface area contributed by atoms with Gasteiger partial charge in [0.15, 0.2) is 10.7 Å². The molecule has 2 aromatic rings. The molecule has 0 atom stereocenters. The van der Waals surface area contributed by atoms with Crippen LogP contribution in [0.15, 0.2) is 29.2 Å². The molecule has 0 spiro atoms. The summed E-state index contributed by atoms with van der Waals surface area (Å²) in [6.45, 7) is 11.2. The molecule has 1 aromatic heterocycles. The first kappa shape index (κ1) is 26.9. The maximum Gasteiger partial charge on any atom is 0.253 e. The number of hydrogen-bond donors (Lipinski definition) is 2. The van der Waals surface area contributed by atoms with Gasteiger partial charge in [-0.25, -0.2) is 8.42 Å². The van der Waals surface area contributed by atoms with Crippen molar-refractivity contribution >= 4 is 16.6 Å². The summed E-state index contributed by atoms with van der Waals surface area (Å²) in [6, 6.07) is 7.64. The number of amides is 1. The Morgan fingerprint density at radius 2 is 1.72 bits per heavy atom. The van der Waals surface area contributed by atoms with Gasteiger partial charge in [0.25, 0.3) is 5.91 Å². The molecule has 0 unspecified atom stereocenters. The van der Waals surface area contributed by atoms with E-state index in [2.05, 4.69) is 9.88 Å². The molecular weight excluding hydrogens is 472 g/mol. The molecule has 0 radical (unpaired) electrons. The highest BCUT2D eigenvalue weighted by Gasteiger charge is 2.25. The molecule has 1 N–H and O–H groups in total. The van der Waals surface area contributed by atoms with Gasteiger partial charge in [-0.2, -0.15) is 0 Å². The molecule has 2 aliphatic rings. The number of benzene rings is 1. The van der Waals surface area contributed by atoms with Crippen molar-refractivity contribution in [1.82, 2.24) is 9.88 Å². The van der Waals surface area contributed by atoms with E-state index in [1.54, 1.807) is 6.07 Å². The third-order valence-corrected chi connectivity index (χ3v) is 8.75. The second-order valence-corrected chi connectivity index (χ2v) is 12.6. The van der Waals surface area contributed by atoms with Crippen molar-refractivity contribution in [2.45, 2.75) is 89.5 Å². The van der Waals surface area contributed by atoms with Gasteiger partial charge in [0.2, 0.25) is 0 Å². The number of carbonyl (C=O) groups is 1. The van der Waals surface area contributed by atoms with E-state index in [4.69, 9.17) is 4.74 Å². The van der Waals surface area contributed by atoms with E-state index in [0.717, 1.165) is 55.1 Å². The Morgan fingerprint density at radius 1 is 1.03 bits per heavy atom. The first-order valence-electron chi connectivity index (χ1n) is 13.5. The van der Waals surface area contributed by atoms with Crippen molar-refractivity contribution in [3.63, 3.8) is 0 Å². The van der Waals surface area contributed by atoms with Crippen LogP contribution in [0.1, 0.15) is 87.3 Å². The minimum absolute atomic E-state index is 0.0297. The van der Waals surface area contributed by atoms with Crippen LogP contribution in [-0.4, -0.2) is 38.7 Å². The Kier molecular flexibility index (Phi) is 8.61. The Morgan fingerprint density at radius 3 is 2.36 bits per heavy atom. The fraction of sp³-hybridized carbons (Fsp3) is 0.621. The average Bonchev–Trinajstić information content (AvgIpc) is 3.18. The fourth-order valence-corrected chi connectivity index (χ4v) is 6.51. The highest BCUT2D eigenvalue weighted by atomic mass is 32.2. The van der Waals surface area contributed by atoms with E-state index in [9.17, 15) is 13.2 Å². The van der Waals surface area contributed by atoms with Gasteiger partial charge in [0, 0.05) is 37.7 Å². The number of ether oxygens (including phenoxy) is 1. The molecule has 1 saturated carbocycles. The van der Waals surface area contributed by atoms with E-state index in [0.29, 0.717) is 28.8 Å². The van der Waals surface area contributed by atoms with Gasteiger partial charge in [0.05, 0.1) is 10.5 Å². The van der Waals surface area contributed by atoms with Crippen LogP contribution >= 0.6 is 0 Å². The van der Waals surface area contributed by atoms with E-state index >= 15 is 0 Å². The van der Waals surface area contributed by atoms with Crippen LogP contribution < -0.4 is 5.32 Å². The van der Waals surface area contributed by atoms with Crippen molar-refractivity contribution < 1.29 is 17.9 Å². The van der Waals surface area contributed by atoms with Gasteiger partial charge < -0.3 is 14.6 Å². The lowest BCUT2D eigenvalue weighted by molar-refractivity contribution is 0.0642. The Balaban J connectivity index is 1.70. The zero-order chi connectivity index (χ0) is 25.9. The normalized spacial score (nSPS) is 18.0. The zero-order valence-electron chi connectivity index (χ0n) is 22.3. The van der Waals surface area contributed by atoms with Crippen molar-refractivity contribution in [3.05, 3.63) is 41.1 Å². The molecule has 1 aromatic carbocycles. The minimum Gasteiger partial charge on any atom is -0.381 e. The van der Waals surface area contributed by atoms with E-state index in [1.165, 1.54) is 32.1 Å². The first-order valence-corrected chi connectivity index (χ1v) is 14.7. The molecule has 2 fully saturated rings. The lowest BCUT2D eigenvalue weighted by Crippen LogP contribution is -2.32. The van der Waals surface area contributed by atoms with Crippen LogP contribution in [-0.2, 0) is 27.4 Å². The van der Waals surface area contributed by atoms with Gasteiger partial charge >= 0.3 is 0 Å². The monoisotopic (exact) mass is 514 g/mol. The van der Waals surface area contributed by atoms with Gasteiger partial charge in [-0.3, -0.25) is 4.79 Å². The number of nitrogens with zero attached hydrogens (tertiary/aromatic N) is 1. The lowest BCUT2D eigenvalue weighted by Gasteiger charge is -2.25.